The van der Waals surface area contributed by atoms with Crippen molar-refractivity contribution in [1.82, 2.24) is 5.32 Å². The lowest BCUT2D eigenvalue weighted by molar-refractivity contribution is -0.305. The minimum absolute atomic E-state index is 0.0780. The highest BCUT2D eigenvalue weighted by Crippen LogP contribution is 2.26. The number of carbonyl (C=O) groups is 2. The van der Waals surface area contributed by atoms with Crippen LogP contribution in [0.1, 0.15) is 252 Å². The number of unbranched alkanes of at least 4 members (excludes halogenated alkanes) is 23. The van der Waals surface area contributed by atoms with Crippen LogP contribution in [0.2, 0.25) is 0 Å². The van der Waals surface area contributed by atoms with Gasteiger partial charge in [-0.2, -0.15) is 0 Å². The van der Waals surface area contributed by atoms with E-state index < -0.39 is 67.4 Å². The standard InChI is InChI=1S/C69H117NO10/c1-4-7-10-13-16-19-22-25-27-29-31-33-34-36-38-41-44-47-50-53-56-62(73)68(77)70-60(61(72)55-52-49-46-43-40-24-21-18-15-12-9-6-3)59-78-69-67(66(76)65(75)63(58-71)79-69)80-64(74)57-54-51-48-45-42-39-37-35-32-30-28-26-23-20-17-14-11-8-5-2/h16-17,19-20,25-28,31-33,35-36,38-39,42,52,55,60-63,65-67,69,71-73,75-76H,4-15,18,21-24,29-30,34,37,40-41,43-51,53-54,56-59H2,1-3H3,(H,70,77)/b19-16-,20-17-,27-25-,28-26-,33-31-,35-32-,38-36-,42-39-,55-52+. The number of aliphatic hydroxyl groups excluding tert-OH is 5. The van der Waals surface area contributed by atoms with Crippen molar-refractivity contribution in [2.24, 2.45) is 0 Å². The zero-order valence-electron chi connectivity index (χ0n) is 50.7. The Balaban J connectivity index is 2.71. The van der Waals surface area contributed by atoms with Gasteiger partial charge in [-0.1, -0.05) is 239 Å². The molecule has 11 heteroatoms. The molecule has 1 saturated heterocycles. The van der Waals surface area contributed by atoms with Crippen molar-refractivity contribution in [2.45, 2.75) is 301 Å². The van der Waals surface area contributed by atoms with Crippen molar-refractivity contribution in [3.63, 3.8) is 0 Å². The maximum Gasteiger partial charge on any atom is 0.306 e. The normalized spacial score (nSPS) is 19.5. The molecule has 11 nitrogen and oxygen atoms in total. The summed E-state index contributed by atoms with van der Waals surface area (Å²) < 4.78 is 17.6. The van der Waals surface area contributed by atoms with E-state index in [1.165, 1.54) is 96.3 Å². The number of hydrogen-bond donors (Lipinski definition) is 6. The molecule has 8 unspecified atom stereocenters. The minimum Gasteiger partial charge on any atom is -0.454 e. The number of aliphatic hydroxyl groups is 5. The van der Waals surface area contributed by atoms with E-state index in [0.29, 0.717) is 12.8 Å². The van der Waals surface area contributed by atoms with Gasteiger partial charge in [0.15, 0.2) is 12.4 Å². The van der Waals surface area contributed by atoms with Gasteiger partial charge in [-0.3, -0.25) is 9.59 Å². The maximum absolute atomic E-state index is 13.4. The van der Waals surface area contributed by atoms with Crippen LogP contribution in [0.25, 0.3) is 0 Å². The molecule has 8 atom stereocenters. The number of carbonyl (C=O) groups excluding carboxylic acids is 2. The maximum atomic E-state index is 13.4. The second kappa shape index (κ2) is 55.8. The molecular formula is C69H117NO10. The number of amides is 1. The predicted octanol–water partition coefficient (Wildman–Crippen LogP) is 15.7. The first-order valence-electron chi connectivity index (χ1n) is 32.2. The molecule has 458 valence electrons. The van der Waals surface area contributed by atoms with Crippen molar-refractivity contribution < 1.29 is 49.3 Å². The van der Waals surface area contributed by atoms with Gasteiger partial charge >= 0.3 is 5.97 Å². The summed E-state index contributed by atoms with van der Waals surface area (Å²) >= 11 is 0. The zero-order chi connectivity index (χ0) is 58.2. The van der Waals surface area contributed by atoms with Gasteiger partial charge < -0.3 is 45.1 Å². The fourth-order valence-electron chi connectivity index (χ4n) is 9.26. The minimum atomic E-state index is -1.64. The van der Waals surface area contributed by atoms with E-state index in [1.807, 2.05) is 6.08 Å². The first-order valence-corrected chi connectivity index (χ1v) is 32.2. The van der Waals surface area contributed by atoms with Crippen molar-refractivity contribution >= 4 is 11.9 Å². The Morgan fingerprint density at radius 2 is 0.863 bits per heavy atom. The van der Waals surface area contributed by atoms with Gasteiger partial charge in [0, 0.05) is 6.42 Å². The summed E-state index contributed by atoms with van der Waals surface area (Å²) in [6.07, 6.45) is 65.4. The average molecular weight is 1120 g/mol. The van der Waals surface area contributed by atoms with E-state index >= 15 is 0 Å². The summed E-state index contributed by atoms with van der Waals surface area (Å²) in [7, 11) is 0. The number of nitrogens with one attached hydrogen (secondary N) is 1. The lowest BCUT2D eigenvalue weighted by atomic mass is 9.99. The van der Waals surface area contributed by atoms with Crippen LogP contribution >= 0.6 is 0 Å². The van der Waals surface area contributed by atoms with E-state index in [0.717, 1.165) is 109 Å². The molecule has 0 radical (unpaired) electrons. The van der Waals surface area contributed by atoms with Crippen LogP contribution in [-0.4, -0.2) is 99.6 Å². The highest BCUT2D eigenvalue weighted by atomic mass is 16.7. The summed E-state index contributed by atoms with van der Waals surface area (Å²) in [6, 6.07) is -1.05. The quantitative estimate of drug-likeness (QED) is 0.0195. The number of allylic oxidation sites excluding steroid dienone is 17. The molecule has 1 fully saturated rings. The number of ether oxygens (including phenoxy) is 3. The molecule has 0 aromatic heterocycles. The van der Waals surface area contributed by atoms with Gasteiger partial charge in [-0.25, -0.2) is 0 Å². The van der Waals surface area contributed by atoms with E-state index in [4.69, 9.17) is 14.2 Å². The third-order valence-electron chi connectivity index (χ3n) is 14.4. The highest BCUT2D eigenvalue weighted by Gasteiger charge is 2.47. The fourth-order valence-corrected chi connectivity index (χ4v) is 9.26. The Morgan fingerprint density at radius 1 is 0.487 bits per heavy atom. The van der Waals surface area contributed by atoms with E-state index in [2.05, 4.69) is 123 Å². The Morgan fingerprint density at radius 3 is 1.31 bits per heavy atom. The molecule has 0 spiro atoms. The van der Waals surface area contributed by atoms with Crippen molar-refractivity contribution in [3.05, 3.63) is 109 Å². The highest BCUT2D eigenvalue weighted by molar-refractivity contribution is 5.80. The molecule has 0 aromatic carbocycles. The molecule has 1 aliphatic heterocycles. The first-order chi connectivity index (χ1) is 39.2. The number of rotatable bonds is 53. The summed E-state index contributed by atoms with van der Waals surface area (Å²) in [4.78, 5) is 26.6. The van der Waals surface area contributed by atoms with E-state index in [1.54, 1.807) is 6.08 Å². The van der Waals surface area contributed by atoms with Gasteiger partial charge in [-0.05, 0) is 116 Å². The predicted molar refractivity (Wildman–Crippen MR) is 333 cm³/mol. The molecular weight excluding hydrogens is 1000 g/mol. The summed E-state index contributed by atoms with van der Waals surface area (Å²) in [5, 5.41) is 57.0. The molecule has 1 amide bonds. The second-order valence-electron chi connectivity index (χ2n) is 21.8. The third-order valence-corrected chi connectivity index (χ3v) is 14.4. The first kappa shape index (κ1) is 74.3. The number of esters is 1. The Labute approximate surface area is 488 Å². The van der Waals surface area contributed by atoms with Crippen molar-refractivity contribution in [2.75, 3.05) is 13.2 Å². The largest absolute Gasteiger partial charge is 0.454 e. The second-order valence-corrected chi connectivity index (χ2v) is 21.8. The van der Waals surface area contributed by atoms with Crippen LogP contribution in [-0.2, 0) is 23.8 Å². The molecule has 1 rings (SSSR count). The number of hydrogen-bond acceptors (Lipinski definition) is 10. The Hall–Kier alpha value is -3.68. The smallest absolute Gasteiger partial charge is 0.306 e. The van der Waals surface area contributed by atoms with Gasteiger partial charge in [0.2, 0.25) is 5.91 Å². The van der Waals surface area contributed by atoms with Crippen LogP contribution in [0.5, 0.6) is 0 Å². The van der Waals surface area contributed by atoms with Gasteiger partial charge in [0.1, 0.15) is 24.4 Å². The lowest BCUT2D eigenvalue weighted by Crippen LogP contribution is -2.61. The van der Waals surface area contributed by atoms with Crippen molar-refractivity contribution in [1.29, 1.82) is 0 Å². The van der Waals surface area contributed by atoms with Gasteiger partial charge in [0.25, 0.3) is 0 Å². The molecule has 80 heavy (non-hydrogen) atoms. The molecule has 6 N–H and O–H groups in total. The molecule has 1 aliphatic rings. The summed E-state index contributed by atoms with van der Waals surface area (Å²) in [5.74, 6) is -1.25. The topological polar surface area (TPSA) is 175 Å². The Kier molecular flexibility index (Phi) is 51.9. The Bertz CT molecular complexity index is 1710. The van der Waals surface area contributed by atoms with Crippen molar-refractivity contribution in [3.8, 4) is 0 Å². The lowest BCUT2D eigenvalue weighted by Gasteiger charge is -2.41. The van der Waals surface area contributed by atoms with E-state index in [-0.39, 0.29) is 19.4 Å². The van der Waals surface area contributed by atoms with Gasteiger partial charge in [0.05, 0.1) is 25.4 Å². The third kappa shape index (κ3) is 43.1. The van der Waals surface area contributed by atoms with Crippen LogP contribution in [0.4, 0.5) is 0 Å². The molecule has 1 heterocycles. The SMILES string of the molecule is CCCCC/C=C\C/C=C\C/C=C\C/C=C\CCCCCCC(O)C(=O)NC(COC1OC(CO)C(O)C(O)C1OC(=O)CCCCC/C=C\C/C=C\C/C=C\C/C=C\CCCCC)C(O)/C=C/CCCCCCCCCCCC. The molecule has 0 aliphatic carbocycles. The van der Waals surface area contributed by atoms with Gasteiger partial charge in [-0.15, -0.1) is 0 Å². The molecule has 0 aromatic rings. The monoisotopic (exact) mass is 1120 g/mol. The fraction of sp³-hybridized carbons (Fsp3) is 0.710. The summed E-state index contributed by atoms with van der Waals surface area (Å²) in [5.41, 5.74) is 0. The van der Waals surface area contributed by atoms with Crippen LogP contribution < -0.4 is 5.32 Å². The van der Waals surface area contributed by atoms with Crippen LogP contribution in [0, 0.1) is 0 Å². The molecule has 0 saturated carbocycles. The molecule has 0 bridgehead atoms. The van der Waals surface area contributed by atoms with Crippen LogP contribution in [0.3, 0.4) is 0 Å². The van der Waals surface area contributed by atoms with Crippen LogP contribution in [0.15, 0.2) is 109 Å². The zero-order valence-corrected chi connectivity index (χ0v) is 50.7. The van der Waals surface area contributed by atoms with E-state index in [9.17, 15) is 35.1 Å². The summed E-state index contributed by atoms with van der Waals surface area (Å²) in [6.45, 7) is 5.70. The average Bonchev–Trinajstić information content (AvgIpc) is 3.45.